The number of ether oxygens (including phenoxy) is 1. The van der Waals surface area contributed by atoms with Crippen LogP contribution in [0.5, 0.6) is 5.75 Å². The molecule has 1 aliphatic carbocycles. The zero-order valence-electron chi connectivity index (χ0n) is 18.7. The van der Waals surface area contributed by atoms with Gasteiger partial charge in [0.15, 0.2) is 0 Å². The van der Waals surface area contributed by atoms with Crippen LogP contribution in [0.15, 0.2) is 36.4 Å². The molecule has 0 radical (unpaired) electrons. The molecule has 3 N–H and O–H groups in total. The van der Waals surface area contributed by atoms with Crippen LogP contribution in [0.4, 0.5) is 9.59 Å². The molecule has 1 aliphatic heterocycles. The molecule has 4 rings (SSSR count). The van der Waals surface area contributed by atoms with E-state index in [9.17, 15) is 14.7 Å². The molecule has 2 aromatic rings. The number of amides is 4. The number of fused-ring (bicyclic) bond motifs is 1. The quantitative estimate of drug-likeness (QED) is 0.644. The average molecular weight is 441 g/mol. The fourth-order valence-corrected chi connectivity index (χ4v) is 4.59. The SMILES string of the molecule is CNC(=O)N1C[C@@H](CO)C[C@@H](N(C(=O)NCc2ccc3cc(OC)ccc3c2)C2CC2)C1. The van der Waals surface area contributed by atoms with Crippen molar-refractivity contribution in [2.75, 3.05) is 33.9 Å². The average Bonchev–Trinajstić information content (AvgIpc) is 3.66. The predicted molar refractivity (Wildman–Crippen MR) is 123 cm³/mol. The summed E-state index contributed by atoms with van der Waals surface area (Å²) in [5.74, 6) is 0.788. The number of nitrogens with one attached hydrogen (secondary N) is 2. The Morgan fingerprint density at radius 3 is 2.56 bits per heavy atom. The van der Waals surface area contributed by atoms with Gasteiger partial charge in [-0.2, -0.15) is 0 Å². The lowest BCUT2D eigenvalue weighted by molar-refractivity contribution is 0.0690. The highest BCUT2D eigenvalue weighted by molar-refractivity contribution is 5.84. The number of nitrogens with zero attached hydrogens (tertiary/aromatic N) is 2. The molecule has 2 aromatic carbocycles. The van der Waals surface area contributed by atoms with Crippen LogP contribution in [0.25, 0.3) is 10.8 Å². The Morgan fingerprint density at radius 1 is 1.12 bits per heavy atom. The second-order valence-corrected chi connectivity index (χ2v) is 8.74. The summed E-state index contributed by atoms with van der Waals surface area (Å²) in [7, 11) is 3.25. The third-order valence-electron chi connectivity index (χ3n) is 6.40. The van der Waals surface area contributed by atoms with Gasteiger partial charge in [-0.3, -0.25) is 0 Å². The normalized spacial score (nSPS) is 20.7. The van der Waals surface area contributed by atoms with Crippen LogP contribution in [0.1, 0.15) is 24.8 Å². The minimum absolute atomic E-state index is 0.00595. The van der Waals surface area contributed by atoms with Crippen LogP contribution in [0.2, 0.25) is 0 Å². The standard InChI is InChI=1S/C24H32N4O4/c1-25-23(30)27-13-17(15-29)10-21(14-27)28(20-6-7-20)24(31)26-12-16-3-4-19-11-22(32-2)8-5-18(19)9-16/h3-5,8-9,11,17,20-21,29H,6-7,10,12-15H2,1-2H3,(H,25,30)(H,26,31)/t17-,21+/m0/s1. The Hall–Kier alpha value is -3.00. The van der Waals surface area contributed by atoms with Crippen LogP contribution in [0, 0.1) is 5.92 Å². The van der Waals surface area contributed by atoms with Crippen LogP contribution >= 0.6 is 0 Å². The van der Waals surface area contributed by atoms with E-state index in [0.717, 1.165) is 34.9 Å². The van der Waals surface area contributed by atoms with E-state index < -0.39 is 0 Å². The Bertz CT molecular complexity index is 978. The summed E-state index contributed by atoms with van der Waals surface area (Å²) in [5, 5.41) is 17.7. The van der Waals surface area contributed by atoms with Crippen LogP contribution in [-0.2, 0) is 6.54 Å². The number of carbonyl (C=O) groups is 2. The molecule has 1 saturated heterocycles. The summed E-state index contributed by atoms with van der Waals surface area (Å²) < 4.78 is 5.28. The van der Waals surface area contributed by atoms with E-state index in [1.807, 2.05) is 35.2 Å². The molecule has 2 aliphatic rings. The molecule has 1 saturated carbocycles. The van der Waals surface area contributed by atoms with E-state index in [2.05, 4.69) is 16.7 Å². The topological polar surface area (TPSA) is 94.1 Å². The highest BCUT2D eigenvalue weighted by Gasteiger charge is 2.41. The maximum Gasteiger partial charge on any atom is 0.318 e. The summed E-state index contributed by atoms with van der Waals surface area (Å²) in [4.78, 5) is 29.0. The fourth-order valence-electron chi connectivity index (χ4n) is 4.59. The highest BCUT2D eigenvalue weighted by atomic mass is 16.5. The van der Waals surface area contributed by atoms with Crippen molar-refractivity contribution in [3.63, 3.8) is 0 Å². The number of rotatable bonds is 6. The summed E-state index contributed by atoms with van der Waals surface area (Å²) in [5.41, 5.74) is 1.02. The van der Waals surface area contributed by atoms with E-state index in [4.69, 9.17) is 4.74 Å². The summed E-state index contributed by atoms with van der Waals surface area (Å²) in [6.07, 6.45) is 2.66. The van der Waals surface area contributed by atoms with Gasteiger partial charge in [-0.15, -0.1) is 0 Å². The largest absolute Gasteiger partial charge is 0.497 e. The van der Waals surface area contributed by atoms with Gasteiger partial charge in [0, 0.05) is 45.2 Å². The minimum atomic E-state index is -0.169. The lowest BCUT2D eigenvalue weighted by Crippen LogP contribution is -2.58. The van der Waals surface area contributed by atoms with Gasteiger partial charge in [0.05, 0.1) is 13.2 Å². The number of benzene rings is 2. The van der Waals surface area contributed by atoms with Gasteiger partial charge in [-0.05, 0) is 53.8 Å². The van der Waals surface area contributed by atoms with Crippen molar-refractivity contribution in [3.05, 3.63) is 42.0 Å². The summed E-state index contributed by atoms with van der Waals surface area (Å²) in [6.45, 7) is 1.43. The minimum Gasteiger partial charge on any atom is -0.497 e. The second-order valence-electron chi connectivity index (χ2n) is 8.74. The molecule has 32 heavy (non-hydrogen) atoms. The smallest absolute Gasteiger partial charge is 0.318 e. The fraction of sp³-hybridized carbons (Fsp3) is 0.500. The molecular weight excluding hydrogens is 408 g/mol. The molecule has 8 heteroatoms. The molecular formula is C24H32N4O4. The number of methoxy groups -OCH3 is 1. The first-order valence-electron chi connectivity index (χ1n) is 11.2. The molecule has 0 bridgehead atoms. The molecule has 0 spiro atoms. The van der Waals surface area contributed by atoms with Crippen molar-refractivity contribution in [3.8, 4) is 5.75 Å². The lowest BCUT2D eigenvalue weighted by Gasteiger charge is -2.42. The third-order valence-corrected chi connectivity index (χ3v) is 6.40. The number of aliphatic hydroxyl groups excluding tert-OH is 1. The third kappa shape index (κ3) is 4.91. The van der Waals surface area contributed by atoms with Crippen molar-refractivity contribution in [2.45, 2.75) is 37.9 Å². The second kappa shape index (κ2) is 9.65. The number of hydrogen-bond donors (Lipinski definition) is 3. The highest BCUT2D eigenvalue weighted by Crippen LogP contribution is 2.33. The van der Waals surface area contributed by atoms with Crippen molar-refractivity contribution in [1.82, 2.24) is 20.4 Å². The Kier molecular flexibility index (Phi) is 6.69. The molecule has 0 aromatic heterocycles. The molecule has 8 nitrogen and oxygen atoms in total. The van der Waals surface area contributed by atoms with Gasteiger partial charge in [-0.25, -0.2) is 9.59 Å². The van der Waals surface area contributed by atoms with Gasteiger partial charge in [0.1, 0.15) is 5.75 Å². The monoisotopic (exact) mass is 440 g/mol. The Morgan fingerprint density at radius 2 is 1.88 bits per heavy atom. The van der Waals surface area contributed by atoms with E-state index in [0.29, 0.717) is 26.1 Å². The van der Waals surface area contributed by atoms with Gasteiger partial charge < -0.3 is 30.3 Å². The van der Waals surface area contributed by atoms with Crippen molar-refractivity contribution in [2.24, 2.45) is 5.92 Å². The molecule has 1 heterocycles. The maximum absolute atomic E-state index is 13.2. The Labute approximate surface area is 188 Å². The molecule has 4 amide bonds. The number of aliphatic hydroxyl groups is 1. The van der Waals surface area contributed by atoms with E-state index in [1.54, 1.807) is 19.1 Å². The lowest BCUT2D eigenvalue weighted by atomic mass is 9.94. The summed E-state index contributed by atoms with van der Waals surface area (Å²) in [6, 6.07) is 11.9. The first kappa shape index (κ1) is 22.2. The Balaban J connectivity index is 1.44. The number of piperidine rings is 1. The number of hydrogen-bond acceptors (Lipinski definition) is 4. The van der Waals surface area contributed by atoms with Gasteiger partial charge >= 0.3 is 12.1 Å². The van der Waals surface area contributed by atoms with Crippen LogP contribution < -0.4 is 15.4 Å². The molecule has 0 unspecified atom stereocenters. The van der Waals surface area contributed by atoms with Crippen molar-refractivity contribution >= 4 is 22.8 Å². The first-order valence-corrected chi connectivity index (χ1v) is 11.2. The first-order chi connectivity index (χ1) is 15.5. The van der Waals surface area contributed by atoms with Crippen molar-refractivity contribution in [1.29, 1.82) is 0 Å². The summed E-state index contributed by atoms with van der Waals surface area (Å²) >= 11 is 0. The van der Waals surface area contributed by atoms with E-state index >= 15 is 0 Å². The zero-order chi connectivity index (χ0) is 22.7. The molecule has 2 atom stereocenters. The van der Waals surface area contributed by atoms with Gasteiger partial charge in [0.2, 0.25) is 0 Å². The predicted octanol–water partition coefficient (Wildman–Crippen LogP) is 2.54. The van der Waals surface area contributed by atoms with Crippen molar-refractivity contribution < 1.29 is 19.4 Å². The van der Waals surface area contributed by atoms with Crippen LogP contribution in [0.3, 0.4) is 0 Å². The van der Waals surface area contributed by atoms with Crippen LogP contribution in [-0.4, -0.2) is 72.9 Å². The molecule has 2 fully saturated rings. The van der Waals surface area contributed by atoms with Gasteiger partial charge in [-0.1, -0.05) is 18.2 Å². The maximum atomic E-state index is 13.2. The number of urea groups is 2. The number of carbonyl (C=O) groups excluding carboxylic acids is 2. The molecule has 172 valence electrons. The van der Waals surface area contributed by atoms with E-state index in [-0.39, 0.29) is 36.7 Å². The number of likely N-dealkylation sites (tertiary alicyclic amines) is 1. The zero-order valence-corrected chi connectivity index (χ0v) is 18.7. The van der Waals surface area contributed by atoms with E-state index in [1.165, 1.54) is 0 Å². The van der Waals surface area contributed by atoms with Gasteiger partial charge in [0.25, 0.3) is 0 Å².